The third kappa shape index (κ3) is 3.39. The Morgan fingerprint density at radius 3 is 2.84 bits per heavy atom. The van der Waals surface area contributed by atoms with E-state index in [2.05, 4.69) is 59.9 Å². The van der Waals surface area contributed by atoms with Gasteiger partial charge in [-0.1, -0.05) is 41.9 Å². The molecule has 2 rings (SSSR count). The molecule has 1 aliphatic carbocycles. The van der Waals surface area contributed by atoms with Gasteiger partial charge in [0.25, 0.3) is 0 Å². The van der Waals surface area contributed by atoms with Crippen LogP contribution in [0.4, 0.5) is 0 Å². The highest BCUT2D eigenvalue weighted by molar-refractivity contribution is 9.10. The summed E-state index contributed by atoms with van der Waals surface area (Å²) < 4.78 is 1.26. The monoisotopic (exact) mass is 324 g/mol. The third-order valence-corrected chi connectivity index (χ3v) is 5.13. The molecule has 0 aromatic heterocycles. The largest absolute Gasteiger partial charge is 0.327 e. The zero-order chi connectivity index (χ0) is 14.0. The Hall–Kier alpha value is -0.380. The SMILES string of the molecule is CC(C)C(N)CCN(C)C1CCc2c(Br)cccc21. The van der Waals surface area contributed by atoms with E-state index in [0.717, 1.165) is 13.0 Å². The topological polar surface area (TPSA) is 29.3 Å². The molecule has 0 saturated carbocycles. The Morgan fingerprint density at radius 1 is 1.42 bits per heavy atom. The second-order valence-corrected chi connectivity index (χ2v) is 6.89. The van der Waals surface area contributed by atoms with Gasteiger partial charge in [-0.15, -0.1) is 0 Å². The van der Waals surface area contributed by atoms with Gasteiger partial charge in [-0.2, -0.15) is 0 Å². The predicted molar refractivity (Wildman–Crippen MR) is 85.3 cm³/mol. The highest BCUT2D eigenvalue weighted by Gasteiger charge is 2.27. The molecule has 1 aromatic rings. The van der Waals surface area contributed by atoms with Gasteiger partial charge in [-0.3, -0.25) is 4.90 Å². The van der Waals surface area contributed by atoms with E-state index in [1.54, 1.807) is 0 Å². The molecule has 0 spiro atoms. The van der Waals surface area contributed by atoms with E-state index in [0.29, 0.717) is 18.0 Å². The van der Waals surface area contributed by atoms with Crippen LogP contribution in [0.25, 0.3) is 0 Å². The maximum absolute atomic E-state index is 6.15. The molecule has 106 valence electrons. The van der Waals surface area contributed by atoms with Gasteiger partial charge in [0.2, 0.25) is 0 Å². The number of fused-ring (bicyclic) bond motifs is 1. The number of hydrogen-bond donors (Lipinski definition) is 1. The molecule has 0 heterocycles. The Balaban J connectivity index is 1.99. The van der Waals surface area contributed by atoms with Crippen molar-refractivity contribution < 1.29 is 0 Å². The lowest BCUT2D eigenvalue weighted by atomic mass is 10.0. The van der Waals surface area contributed by atoms with E-state index < -0.39 is 0 Å². The summed E-state index contributed by atoms with van der Waals surface area (Å²) in [5, 5.41) is 0. The highest BCUT2D eigenvalue weighted by atomic mass is 79.9. The molecule has 0 radical (unpaired) electrons. The van der Waals surface area contributed by atoms with E-state index in [4.69, 9.17) is 5.73 Å². The van der Waals surface area contributed by atoms with E-state index >= 15 is 0 Å². The zero-order valence-electron chi connectivity index (χ0n) is 12.2. The maximum Gasteiger partial charge on any atom is 0.0351 e. The zero-order valence-corrected chi connectivity index (χ0v) is 13.8. The molecule has 1 aliphatic rings. The quantitative estimate of drug-likeness (QED) is 0.893. The van der Waals surface area contributed by atoms with Crippen LogP contribution < -0.4 is 5.73 Å². The van der Waals surface area contributed by atoms with E-state index in [1.807, 2.05) is 0 Å². The molecule has 0 bridgehead atoms. The molecular weight excluding hydrogens is 300 g/mol. The lowest BCUT2D eigenvalue weighted by molar-refractivity contribution is 0.228. The number of nitrogens with zero attached hydrogens (tertiary/aromatic N) is 1. The van der Waals surface area contributed by atoms with Crippen LogP contribution in [0.1, 0.15) is 43.9 Å². The first-order chi connectivity index (χ1) is 9.00. The molecule has 0 amide bonds. The summed E-state index contributed by atoms with van der Waals surface area (Å²) in [6, 6.07) is 7.44. The van der Waals surface area contributed by atoms with Gasteiger partial charge in [-0.25, -0.2) is 0 Å². The van der Waals surface area contributed by atoms with Gasteiger partial charge >= 0.3 is 0 Å². The van der Waals surface area contributed by atoms with Crippen molar-refractivity contribution in [1.82, 2.24) is 4.90 Å². The van der Waals surface area contributed by atoms with E-state index in [-0.39, 0.29) is 0 Å². The maximum atomic E-state index is 6.15. The normalized spacial score (nSPS) is 20.1. The van der Waals surface area contributed by atoms with Gasteiger partial charge in [0.1, 0.15) is 0 Å². The summed E-state index contributed by atoms with van der Waals surface area (Å²) in [6.07, 6.45) is 3.49. The average Bonchev–Trinajstić information content (AvgIpc) is 2.80. The molecular formula is C16H25BrN2. The summed E-state index contributed by atoms with van der Waals surface area (Å²) in [6.45, 7) is 5.48. The van der Waals surface area contributed by atoms with Gasteiger partial charge in [0, 0.05) is 16.6 Å². The van der Waals surface area contributed by atoms with Crippen LogP contribution in [0.5, 0.6) is 0 Å². The first-order valence-electron chi connectivity index (χ1n) is 7.23. The fraction of sp³-hybridized carbons (Fsp3) is 0.625. The van der Waals surface area contributed by atoms with Gasteiger partial charge in [-0.05, 0) is 56.0 Å². The molecule has 2 nitrogen and oxygen atoms in total. The summed E-state index contributed by atoms with van der Waals surface area (Å²) in [5.41, 5.74) is 9.14. The summed E-state index contributed by atoms with van der Waals surface area (Å²) in [5.74, 6) is 0.568. The average molecular weight is 325 g/mol. The molecule has 19 heavy (non-hydrogen) atoms. The lowest BCUT2D eigenvalue weighted by Crippen LogP contribution is -2.33. The number of rotatable bonds is 5. The van der Waals surface area contributed by atoms with Gasteiger partial charge in [0.05, 0.1) is 0 Å². The molecule has 2 N–H and O–H groups in total. The minimum absolute atomic E-state index is 0.311. The van der Waals surface area contributed by atoms with Gasteiger partial charge < -0.3 is 5.73 Å². The van der Waals surface area contributed by atoms with Crippen LogP contribution in [0.3, 0.4) is 0 Å². The summed E-state index contributed by atoms with van der Waals surface area (Å²) >= 11 is 3.67. The minimum Gasteiger partial charge on any atom is -0.327 e. The Kier molecular flexibility index (Phi) is 5.04. The van der Waals surface area contributed by atoms with E-state index in [9.17, 15) is 0 Å². The molecule has 2 atom stereocenters. The van der Waals surface area contributed by atoms with Crippen molar-refractivity contribution in [2.24, 2.45) is 11.7 Å². The summed E-state index contributed by atoms with van der Waals surface area (Å²) in [7, 11) is 2.23. The van der Waals surface area contributed by atoms with Crippen LogP contribution in [-0.2, 0) is 6.42 Å². The second kappa shape index (κ2) is 6.38. The first-order valence-corrected chi connectivity index (χ1v) is 8.03. The van der Waals surface area contributed by atoms with Crippen LogP contribution >= 0.6 is 15.9 Å². The highest BCUT2D eigenvalue weighted by Crippen LogP contribution is 2.38. The second-order valence-electron chi connectivity index (χ2n) is 6.04. The molecule has 1 aromatic carbocycles. The van der Waals surface area contributed by atoms with Crippen molar-refractivity contribution >= 4 is 15.9 Å². The lowest BCUT2D eigenvalue weighted by Gasteiger charge is -2.27. The molecule has 2 unspecified atom stereocenters. The number of benzene rings is 1. The van der Waals surface area contributed by atoms with Crippen molar-refractivity contribution in [2.75, 3.05) is 13.6 Å². The van der Waals surface area contributed by atoms with Crippen molar-refractivity contribution in [1.29, 1.82) is 0 Å². The molecule has 0 saturated heterocycles. The van der Waals surface area contributed by atoms with Crippen molar-refractivity contribution in [3.8, 4) is 0 Å². The standard InChI is InChI=1S/C16H25BrN2/c1-11(2)15(18)9-10-19(3)16-8-7-12-13(16)5-4-6-14(12)17/h4-6,11,15-16H,7-10,18H2,1-3H3. The Labute approximate surface area is 125 Å². The van der Waals surface area contributed by atoms with Crippen LogP contribution in [0.15, 0.2) is 22.7 Å². The number of nitrogens with two attached hydrogens (primary N) is 1. The van der Waals surface area contributed by atoms with Gasteiger partial charge in [0.15, 0.2) is 0 Å². The Morgan fingerprint density at radius 2 is 2.16 bits per heavy atom. The predicted octanol–water partition coefficient (Wildman–Crippen LogP) is 3.74. The third-order valence-electron chi connectivity index (χ3n) is 4.39. The summed E-state index contributed by atoms with van der Waals surface area (Å²) in [4.78, 5) is 2.47. The van der Waals surface area contributed by atoms with Crippen molar-refractivity contribution in [3.05, 3.63) is 33.8 Å². The number of hydrogen-bond acceptors (Lipinski definition) is 2. The molecule has 0 fully saturated rings. The van der Waals surface area contributed by atoms with Crippen molar-refractivity contribution in [2.45, 2.75) is 45.2 Å². The molecule has 0 aliphatic heterocycles. The van der Waals surface area contributed by atoms with Crippen LogP contribution in [0.2, 0.25) is 0 Å². The fourth-order valence-corrected chi connectivity index (χ4v) is 3.47. The number of halogens is 1. The Bertz CT molecular complexity index is 431. The van der Waals surface area contributed by atoms with Crippen LogP contribution in [0, 0.1) is 5.92 Å². The minimum atomic E-state index is 0.311. The fourth-order valence-electron chi connectivity index (χ4n) is 2.89. The smallest absolute Gasteiger partial charge is 0.0351 e. The first kappa shape index (κ1) is 15.0. The molecule has 3 heteroatoms. The van der Waals surface area contributed by atoms with E-state index in [1.165, 1.54) is 28.4 Å². The van der Waals surface area contributed by atoms with Crippen LogP contribution in [-0.4, -0.2) is 24.5 Å². The van der Waals surface area contributed by atoms with Crippen molar-refractivity contribution in [3.63, 3.8) is 0 Å².